The van der Waals surface area contributed by atoms with Crippen LogP contribution in [-0.2, 0) is 0 Å². The summed E-state index contributed by atoms with van der Waals surface area (Å²) in [5.41, 5.74) is 0.580. The highest BCUT2D eigenvalue weighted by atomic mass is 16.2. The van der Waals surface area contributed by atoms with Crippen LogP contribution in [0.4, 0.5) is 5.95 Å². The summed E-state index contributed by atoms with van der Waals surface area (Å²) in [5.74, 6) is 0.665. The monoisotopic (exact) mass is 275 g/mol. The van der Waals surface area contributed by atoms with Crippen molar-refractivity contribution in [2.75, 3.05) is 38.0 Å². The first-order valence-electron chi connectivity index (χ1n) is 7.36. The lowest BCUT2D eigenvalue weighted by atomic mass is 10.2. The number of hydrogen-bond donors (Lipinski definition) is 1. The Hall–Kier alpha value is -1.69. The molecule has 3 rings (SSSR count). The van der Waals surface area contributed by atoms with Gasteiger partial charge < -0.3 is 15.1 Å². The molecule has 0 unspecified atom stereocenters. The number of aromatic nitrogens is 2. The van der Waals surface area contributed by atoms with Gasteiger partial charge in [-0.15, -0.1) is 0 Å². The molecular weight excluding hydrogens is 254 g/mol. The van der Waals surface area contributed by atoms with Gasteiger partial charge in [0.2, 0.25) is 5.95 Å². The van der Waals surface area contributed by atoms with Crippen LogP contribution in [0.15, 0.2) is 12.4 Å². The molecule has 6 heteroatoms. The van der Waals surface area contributed by atoms with Crippen LogP contribution in [0.2, 0.25) is 0 Å². The summed E-state index contributed by atoms with van der Waals surface area (Å²) >= 11 is 0. The normalized spacial score (nSPS) is 19.9. The van der Waals surface area contributed by atoms with Crippen LogP contribution >= 0.6 is 0 Å². The predicted octanol–water partition coefficient (Wildman–Crippen LogP) is 0.829. The predicted molar refractivity (Wildman–Crippen MR) is 76.7 cm³/mol. The molecule has 2 heterocycles. The second-order valence-corrected chi connectivity index (χ2v) is 5.44. The Kier molecular flexibility index (Phi) is 3.82. The van der Waals surface area contributed by atoms with Crippen LogP contribution in [0.25, 0.3) is 0 Å². The Morgan fingerprint density at radius 1 is 1.25 bits per heavy atom. The summed E-state index contributed by atoms with van der Waals surface area (Å²) in [5, 5.41) is 3.22. The lowest BCUT2D eigenvalue weighted by molar-refractivity contribution is 0.0642. The number of likely N-dealkylation sites (N-methyl/N-ethyl adjacent to an activating group) is 1. The molecule has 1 aliphatic carbocycles. The van der Waals surface area contributed by atoms with Crippen LogP contribution in [0.5, 0.6) is 0 Å². The summed E-state index contributed by atoms with van der Waals surface area (Å²) in [6, 6.07) is 0.527. The summed E-state index contributed by atoms with van der Waals surface area (Å²) < 4.78 is 0. The molecule has 2 fully saturated rings. The Bertz CT molecular complexity index is 463. The van der Waals surface area contributed by atoms with Gasteiger partial charge in [-0.05, 0) is 19.4 Å². The van der Waals surface area contributed by atoms with Gasteiger partial charge in [0.25, 0.3) is 5.91 Å². The molecule has 20 heavy (non-hydrogen) atoms. The van der Waals surface area contributed by atoms with Gasteiger partial charge >= 0.3 is 0 Å². The summed E-state index contributed by atoms with van der Waals surface area (Å²) in [4.78, 5) is 25.0. The van der Waals surface area contributed by atoms with E-state index in [0.29, 0.717) is 17.6 Å². The largest absolute Gasteiger partial charge is 0.351 e. The number of carbonyl (C=O) groups excluding carboxylic acids is 1. The minimum absolute atomic E-state index is 0.0405. The van der Waals surface area contributed by atoms with E-state index < -0.39 is 0 Å². The van der Waals surface area contributed by atoms with E-state index in [4.69, 9.17) is 0 Å². The van der Waals surface area contributed by atoms with Crippen LogP contribution in [-0.4, -0.2) is 64.4 Å². The van der Waals surface area contributed by atoms with E-state index in [1.807, 2.05) is 4.90 Å². The standard InChI is InChI=1S/C14H21N5O/c1-2-18-5-7-19(8-6-18)13(20)11-9-15-14(16-10-11)17-12-3-4-12/h9-10,12H,2-8H2,1H3,(H,15,16,17). The summed E-state index contributed by atoms with van der Waals surface area (Å²) in [6.45, 7) is 6.67. The Morgan fingerprint density at radius 3 is 2.45 bits per heavy atom. The average Bonchev–Trinajstić information content (AvgIpc) is 3.31. The molecule has 1 aromatic rings. The SMILES string of the molecule is CCN1CCN(C(=O)c2cnc(NC3CC3)nc2)CC1. The number of anilines is 1. The zero-order chi connectivity index (χ0) is 13.9. The molecule has 1 amide bonds. The second kappa shape index (κ2) is 5.75. The number of carbonyl (C=O) groups is 1. The number of hydrogen-bond acceptors (Lipinski definition) is 5. The molecule has 0 atom stereocenters. The lowest BCUT2D eigenvalue weighted by Gasteiger charge is -2.33. The number of rotatable bonds is 4. The molecule has 2 aliphatic rings. The molecule has 1 aromatic heterocycles. The summed E-state index contributed by atoms with van der Waals surface area (Å²) in [7, 11) is 0. The molecule has 0 bridgehead atoms. The van der Waals surface area contributed by atoms with E-state index in [1.165, 1.54) is 12.8 Å². The van der Waals surface area contributed by atoms with Crippen LogP contribution in [0.3, 0.4) is 0 Å². The highest BCUT2D eigenvalue weighted by molar-refractivity contribution is 5.93. The van der Waals surface area contributed by atoms with Crippen molar-refractivity contribution in [2.45, 2.75) is 25.8 Å². The van der Waals surface area contributed by atoms with Crippen molar-refractivity contribution in [3.8, 4) is 0 Å². The molecule has 1 saturated heterocycles. The van der Waals surface area contributed by atoms with E-state index in [0.717, 1.165) is 32.7 Å². The van der Waals surface area contributed by atoms with Crippen molar-refractivity contribution in [3.63, 3.8) is 0 Å². The number of nitrogens with zero attached hydrogens (tertiary/aromatic N) is 4. The Morgan fingerprint density at radius 2 is 1.90 bits per heavy atom. The van der Waals surface area contributed by atoms with Crippen LogP contribution < -0.4 is 5.32 Å². The zero-order valence-corrected chi connectivity index (χ0v) is 11.9. The fourth-order valence-corrected chi connectivity index (χ4v) is 2.37. The van der Waals surface area contributed by atoms with Crippen molar-refractivity contribution < 1.29 is 4.79 Å². The topological polar surface area (TPSA) is 61.4 Å². The molecule has 0 spiro atoms. The minimum Gasteiger partial charge on any atom is -0.351 e. The van der Waals surface area contributed by atoms with E-state index in [-0.39, 0.29) is 5.91 Å². The fraction of sp³-hybridized carbons (Fsp3) is 0.643. The molecule has 6 nitrogen and oxygen atoms in total. The molecule has 1 N–H and O–H groups in total. The fourth-order valence-electron chi connectivity index (χ4n) is 2.37. The van der Waals surface area contributed by atoms with E-state index >= 15 is 0 Å². The van der Waals surface area contributed by atoms with Crippen molar-refractivity contribution in [1.29, 1.82) is 0 Å². The number of nitrogens with one attached hydrogen (secondary N) is 1. The number of amides is 1. The molecule has 0 aromatic carbocycles. The smallest absolute Gasteiger partial charge is 0.257 e. The molecule has 1 aliphatic heterocycles. The molecule has 1 saturated carbocycles. The highest BCUT2D eigenvalue weighted by Gasteiger charge is 2.23. The first kappa shape index (κ1) is 13.3. The van der Waals surface area contributed by atoms with Crippen LogP contribution in [0, 0.1) is 0 Å². The number of piperazine rings is 1. The Labute approximate surface area is 119 Å². The first-order chi connectivity index (χ1) is 9.76. The third-order valence-electron chi connectivity index (χ3n) is 3.92. The van der Waals surface area contributed by atoms with E-state index in [9.17, 15) is 4.79 Å². The lowest BCUT2D eigenvalue weighted by Crippen LogP contribution is -2.48. The summed E-state index contributed by atoms with van der Waals surface area (Å²) in [6.07, 6.45) is 5.63. The minimum atomic E-state index is 0.0405. The molecule has 108 valence electrons. The average molecular weight is 275 g/mol. The zero-order valence-electron chi connectivity index (χ0n) is 11.9. The third kappa shape index (κ3) is 3.07. The second-order valence-electron chi connectivity index (χ2n) is 5.44. The van der Waals surface area contributed by atoms with Gasteiger partial charge in [0, 0.05) is 44.6 Å². The van der Waals surface area contributed by atoms with Gasteiger partial charge in [-0.2, -0.15) is 0 Å². The van der Waals surface area contributed by atoms with Gasteiger partial charge in [0.05, 0.1) is 5.56 Å². The maximum absolute atomic E-state index is 12.3. The van der Waals surface area contributed by atoms with Crippen molar-refractivity contribution in [2.24, 2.45) is 0 Å². The van der Waals surface area contributed by atoms with E-state index in [2.05, 4.69) is 27.1 Å². The van der Waals surface area contributed by atoms with Gasteiger partial charge in [0.1, 0.15) is 0 Å². The van der Waals surface area contributed by atoms with Gasteiger partial charge in [0.15, 0.2) is 0 Å². The van der Waals surface area contributed by atoms with Gasteiger partial charge in [-0.1, -0.05) is 6.92 Å². The highest BCUT2D eigenvalue weighted by Crippen LogP contribution is 2.22. The maximum Gasteiger partial charge on any atom is 0.257 e. The van der Waals surface area contributed by atoms with Crippen molar-refractivity contribution in [1.82, 2.24) is 19.8 Å². The van der Waals surface area contributed by atoms with Crippen molar-refractivity contribution >= 4 is 11.9 Å². The molecule has 0 radical (unpaired) electrons. The quantitative estimate of drug-likeness (QED) is 0.882. The first-order valence-corrected chi connectivity index (χ1v) is 7.36. The van der Waals surface area contributed by atoms with Crippen molar-refractivity contribution in [3.05, 3.63) is 18.0 Å². The Balaban J connectivity index is 1.58. The van der Waals surface area contributed by atoms with Crippen LogP contribution in [0.1, 0.15) is 30.1 Å². The maximum atomic E-state index is 12.3. The van der Waals surface area contributed by atoms with Gasteiger partial charge in [-0.25, -0.2) is 9.97 Å². The third-order valence-corrected chi connectivity index (χ3v) is 3.92. The van der Waals surface area contributed by atoms with Gasteiger partial charge in [-0.3, -0.25) is 4.79 Å². The molecular formula is C14H21N5O. The van der Waals surface area contributed by atoms with E-state index in [1.54, 1.807) is 12.4 Å².